The molecule has 1 aromatic heterocycles. The van der Waals surface area contributed by atoms with Crippen molar-refractivity contribution in [2.24, 2.45) is 0 Å². The SMILES string of the molecule is [C-]#[N+]c1cc(F)c(NC(=O)CN2CC3(CC3)c3cc(Br)ccc3C2=O)nc1C. The van der Waals surface area contributed by atoms with Crippen LogP contribution in [0.15, 0.2) is 28.7 Å². The van der Waals surface area contributed by atoms with Crippen LogP contribution in [-0.4, -0.2) is 34.8 Å². The van der Waals surface area contributed by atoms with Gasteiger partial charge in [-0.1, -0.05) is 15.9 Å². The number of nitrogens with zero attached hydrogens (tertiary/aromatic N) is 3. The maximum atomic E-state index is 14.1. The Bertz CT molecular complexity index is 1060. The van der Waals surface area contributed by atoms with Crippen LogP contribution in [-0.2, 0) is 10.2 Å². The number of halogens is 2. The van der Waals surface area contributed by atoms with Gasteiger partial charge < -0.3 is 10.2 Å². The average molecular weight is 443 g/mol. The number of benzene rings is 1. The third-order valence-electron chi connectivity index (χ3n) is 5.27. The molecule has 0 atom stereocenters. The summed E-state index contributed by atoms with van der Waals surface area (Å²) in [6.07, 6.45) is 1.94. The molecule has 0 saturated heterocycles. The van der Waals surface area contributed by atoms with E-state index in [0.29, 0.717) is 17.8 Å². The second-order valence-corrected chi connectivity index (χ2v) is 8.13. The predicted octanol–water partition coefficient (Wildman–Crippen LogP) is 3.97. The van der Waals surface area contributed by atoms with Gasteiger partial charge in [-0.3, -0.25) is 9.59 Å². The molecule has 4 rings (SSSR count). The Balaban J connectivity index is 1.53. The van der Waals surface area contributed by atoms with Gasteiger partial charge in [0.05, 0.1) is 6.57 Å². The third-order valence-corrected chi connectivity index (χ3v) is 5.76. The normalized spacial score (nSPS) is 16.5. The van der Waals surface area contributed by atoms with Gasteiger partial charge in [0, 0.05) is 27.7 Å². The van der Waals surface area contributed by atoms with Crippen molar-refractivity contribution in [1.29, 1.82) is 0 Å². The Morgan fingerprint density at radius 2 is 2.18 bits per heavy atom. The lowest BCUT2D eigenvalue weighted by Gasteiger charge is -2.34. The molecule has 1 spiro atoms. The van der Waals surface area contributed by atoms with E-state index in [1.54, 1.807) is 13.0 Å². The van der Waals surface area contributed by atoms with E-state index in [1.807, 2.05) is 12.1 Å². The summed E-state index contributed by atoms with van der Waals surface area (Å²) in [5.41, 5.74) is 1.98. The quantitative estimate of drug-likeness (QED) is 0.731. The molecular formula is C20H16BrFN4O2. The molecule has 0 bridgehead atoms. The van der Waals surface area contributed by atoms with Gasteiger partial charge in [0.2, 0.25) is 11.6 Å². The summed E-state index contributed by atoms with van der Waals surface area (Å²) in [7, 11) is 0. The fraction of sp³-hybridized carbons (Fsp3) is 0.300. The summed E-state index contributed by atoms with van der Waals surface area (Å²) in [4.78, 5) is 34.0. The van der Waals surface area contributed by atoms with Crippen molar-refractivity contribution in [2.45, 2.75) is 25.2 Å². The molecule has 1 aromatic carbocycles. The van der Waals surface area contributed by atoms with E-state index in [9.17, 15) is 14.0 Å². The van der Waals surface area contributed by atoms with Gasteiger partial charge in [-0.05, 0) is 49.6 Å². The zero-order valence-electron chi connectivity index (χ0n) is 15.1. The van der Waals surface area contributed by atoms with Crippen LogP contribution in [0.1, 0.15) is 34.5 Å². The standard InChI is InChI=1S/C20H16BrFN4O2/c1-11-16(23-2)8-15(22)18(24-11)25-17(27)9-26-10-20(5-6-20)14-7-12(21)3-4-13(14)19(26)28/h3-4,7-8H,5-6,9-10H2,1H3,(H,24,25,27). The van der Waals surface area contributed by atoms with Gasteiger partial charge in [0.1, 0.15) is 6.54 Å². The van der Waals surface area contributed by atoms with Crippen molar-refractivity contribution in [3.63, 3.8) is 0 Å². The number of fused-ring (bicyclic) bond motifs is 2. The summed E-state index contributed by atoms with van der Waals surface area (Å²) < 4.78 is 15.0. The molecule has 2 aliphatic rings. The lowest BCUT2D eigenvalue weighted by Crippen LogP contribution is -2.46. The van der Waals surface area contributed by atoms with Crippen molar-refractivity contribution in [3.05, 3.63) is 62.8 Å². The highest BCUT2D eigenvalue weighted by atomic mass is 79.9. The van der Waals surface area contributed by atoms with E-state index in [2.05, 4.69) is 31.1 Å². The van der Waals surface area contributed by atoms with Crippen LogP contribution >= 0.6 is 15.9 Å². The molecule has 0 unspecified atom stereocenters. The van der Waals surface area contributed by atoms with Crippen molar-refractivity contribution in [3.8, 4) is 0 Å². The number of aryl methyl sites for hydroxylation is 1. The van der Waals surface area contributed by atoms with Gasteiger partial charge in [0.25, 0.3) is 5.91 Å². The minimum Gasteiger partial charge on any atom is -0.328 e. The Hall–Kier alpha value is -2.79. The number of hydrogen-bond acceptors (Lipinski definition) is 3. The summed E-state index contributed by atoms with van der Waals surface area (Å²) in [6.45, 7) is 8.84. The summed E-state index contributed by atoms with van der Waals surface area (Å²) in [6, 6.07) is 6.62. The average Bonchev–Trinajstić information content (AvgIpc) is 3.42. The third kappa shape index (κ3) is 3.16. The summed E-state index contributed by atoms with van der Waals surface area (Å²) in [5, 5.41) is 2.42. The number of carbonyl (C=O) groups excluding carboxylic acids is 2. The van der Waals surface area contributed by atoms with Crippen molar-refractivity contribution < 1.29 is 14.0 Å². The van der Waals surface area contributed by atoms with Gasteiger partial charge in [-0.15, -0.1) is 0 Å². The maximum Gasteiger partial charge on any atom is 0.254 e. The number of rotatable bonds is 3. The molecule has 0 radical (unpaired) electrons. The van der Waals surface area contributed by atoms with Crippen molar-refractivity contribution in [1.82, 2.24) is 9.88 Å². The number of amides is 2. The van der Waals surface area contributed by atoms with Crippen molar-refractivity contribution >= 4 is 39.2 Å². The molecule has 1 aliphatic carbocycles. The second-order valence-electron chi connectivity index (χ2n) is 7.21. The summed E-state index contributed by atoms with van der Waals surface area (Å²) >= 11 is 3.46. The topological polar surface area (TPSA) is 66.7 Å². The number of nitrogens with one attached hydrogen (secondary N) is 1. The van der Waals surface area contributed by atoms with Crippen LogP contribution in [0.25, 0.3) is 4.85 Å². The van der Waals surface area contributed by atoms with E-state index < -0.39 is 11.7 Å². The molecule has 6 nitrogen and oxygen atoms in total. The fourth-order valence-corrected chi connectivity index (χ4v) is 4.02. The Kier molecular flexibility index (Phi) is 4.42. The molecular weight excluding hydrogens is 427 g/mol. The van der Waals surface area contributed by atoms with Crippen LogP contribution in [0, 0.1) is 19.3 Å². The zero-order chi connectivity index (χ0) is 20.1. The van der Waals surface area contributed by atoms with E-state index in [0.717, 1.165) is 28.9 Å². The number of carbonyl (C=O) groups is 2. The van der Waals surface area contributed by atoms with E-state index in [4.69, 9.17) is 6.57 Å². The molecule has 28 heavy (non-hydrogen) atoms. The molecule has 1 aliphatic heterocycles. The molecule has 1 fully saturated rings. The smallest absolute Gasteiger partial charge is 0.254 e. The van der Waals surface area contributed by atoms with Crippen LogP contribution in [0.3, 0.4) is 0 Å². The summed E-state index contributed by atoms with van der Waals surface area (Å²) in [5.74, 6) is -1.73. The number of anilines is 1. The van der Waals surface area contributed by atoms with E-state index >= 15 is 0 Å². The first-order chi connectivity index (χ1) is 13.3. The van der Waals surface area contributed by atoms with Crippen LogP contribution in [0.2, 0.25) is 0 Å². The Labute approximate surface area is 169 Å². The monoisotopic (exact) mass is 442 g/mol. The Morgan fingerprint density at radius 3 is 2.86 bits per heavy atom. The number of hydrogen-bond donors (Lipinski definition) is 1. The highest BCUT2D eigenvalue weighted by Gasteiger charge is 2.51. The minimum absolute atomic E-state index is 0.0926. The lowest BCUT2D eigenvalue weighted by atomic mass is 9.86. The highest BCUT2D eigenvalue weighted by Crippen LogP contribution is 2.52. The molecule has 8 heteroatoms. The Morgan fingerprint density at radius 1 is 1.43 bits per heavy atom. The first-order valence-electron chi connectivity index (χ1n) is 8.77. The maximum absolute atomic E-state index is 14.1. The van der Waals surface area contributed by atoms with E-state index in [-0.39, 0.29) is 29.4 Å². The number of aromatic nitrogens is 1. The first-order valence-corrected chi connectivity index (χ1v) is 9.56. The highest BCUT2D eigenvalue weighted by molar-refractivity contribution is 9.10. The van der Waals surface area contributed by atoms with Gasteiger partial charge in [-0.2, -0.15) is 0 Å². The van der Waals surface area contributed by atoms with Gasteiger partial charge in [0.15, 0.2) is 11.6 Å². The van der Waals surface area contributed by atoms with Crippen LogP contribution in [0.5, 0.6) is 0 Å². The molecule has 1 saturated carbocycles. The fourth-order valence-electron chi connectivity index (χ4n) is 3.66. The molecule has 142 valence electrons. The first kappa shape index (κ1) is 18.6. The molecule has 2 heterocycles. The largest absolute Gasteiger partial charge is 0.328 e. The second kappa shape index (κ2) is 6.67. The van der Waals surface area contributed by atoms with Crippen LogP contribution < -0.4 is 5.32 Å². The van der Waals surface area contributed by atoms with Gasteiger partial charge in [-0.25, -0.2) is 14.2 Å². The van der Waals surface area contributed by atoms with Gasteiger partial charge >= 0.3 is 0 Å². The predicted molar refractivity (Wildman–Crippen MR) is 105 cm³/mol. The molecule has 1 N–H and O–H groups in total. The zero-order valence-corrected chi connectivity index (χ0v) is 16.6. The van der Waals surface area contributed by atoms with Crippen molar-refractivity contribution in [2.75, 3.05) is 18.4 Å². The molecule has 2 amide bonds. The minimum atomic E-state index is -0.774. The number of pyridine rings is 1. The van der Waals surface area contributed by atoms with E-state index in [1.165, 1.54) is 4.90 Å². The lowest BCUT2D eigenvalue weighted by molar-refractivity contribution is -0.117. The van der Waals surface area contributed by atoms with Crippen LogP contribution in [0.4, 0.5) is 15.9 Å². The molecule has 2 aromatic rings.